The fourth-order valence-corrected chi connectivity index (χ4v) is 4.22. The molecule has 2 aromatic rings. The molecule has 0 spiro atoms. The fourth-order valence-electron chi connectivity index (χ4n) is 4.22. The van der Waals surface area contributed by atoms with Crippen molar-refractivity contribution in [1.82, 2.24) is 15.5 Å². The third-order valence-corrected chi connectivity index (χ3v) is 6.06. The van der Waals surface area contributed by atoms with E-state index in [1.807, 2.05) is 48.5 Å². The number of hydrogen-bond acceptors (Lipinski definition) is 5. The molecule has 7 heteroatoms. The minimum atomic E-state index is -0.125. The van der Waals surface area contributed by atoms with Gasteiger partial charge in [0.1, 0.15) is 0 Å². The molecule has 0 aliphatic carbocycles. The van der Waals surface area contributed by atoms with Gasteiger partial charge in [0.2, 0.25) is 11.8 Å². The molecule has 2 amide bonds. The van der Waals surface area contributed by atoms with Crippen molar-refractivity contribution < 1.29 is 19.1 Å². The number of nitrogens with zero attached hydrogens (tertiary/aromatic N) is 1. The molecule has 2 aromatic carbocycles. The number of benzene rings is 2. The van der Waals surface area contributed by atoms with Gasteiger partial charge < -0.3 is 20.1 Å². The number of ether oxygens (including phenoxy) is 2. The molecule has 1 aliphatic heterocycles. The van der Waals surface area contributed by atoms with Gasteiger partial charge in [0.15, 0.2) is 11.5 Å². The van der Waals surface area contributed by atoms with Gasteiger partial charge in [-0.2, -0.15) is 0 Å². The summed E-state index contributed by atoms with van der Waals surface area (Å²) in [6, 6.07) is 15.7. The lowest BCUT2D eigenvalue weighted by atomic mass is 9.97. The average Bonchev–Trinajstić information content (AvgIpc) is 2.88. The standard InChI is InChI=1S/C26H35N3O4/c1-32-23-12-6-10-22(25(23)33-2)19-29-16-7-11-21(13-15-27-24(30)14-17-29)26(31)28-18-20-8-4-3-5-9-20/h3-6,8-10,12,21H,7,11,13-19H2,1-2H3,(H,27,30)(H,28,31). The first-order valence-electron chi connectivity index (χ1n) is 11.6. The second-order valence-corrected chi connectivity index (χ2v) is 8.36. The zero-order chi connectivity index (χ0) is 23.5. The molecule has 1 aliphatic rings. The maximum Gasteiger partial charge on any atom is 0.223 e. The molecule has 1 saturated heterocycles. The Bertz CT molecular complexity index is 904. The highest BCUT2D eigenvalue weighted by Crippen LogP contribution is 2.31. The molecule has 7 nitrogen and oxygen atoms in total. The van der Waals surface area contributed by atoms with E-state index in [-0.39, 0.29) is 17.7 Å². The Kier molecular flexibility index (Phi) is 9.57. The van der Waals surface area contributed by atoms with Crippen LogP contribution in [0.4, 0.5) is 0 Å². The van der Waals surface area contributed by atoms with Crippen LogP contribution in [0.1, 0.15) is 36.8 Å². The van der Waals surface area contributed by atoms with E-state index in [9.17, 15) is 9.59 Å². The number of carbonyl (C=O) groups is 2. The summed E-state index contributed by atoms with van der Waals surface area (Å²) in [5, 5.41) is 6.04. The van der Waals surface area contributed by atoms with Crippen LogP contribution in [-0.2, 0) is 22.7 Å². The van der Waals surface area contributed by atoms with Crippen LogP contribution in [-0.4, -0.2) is 50.6 Å². The molecular weight excluding hydrogens is 418 g/mol. The Hall–Kier alpha value is -3.06. The van der Waals surface area contributed by atoms with Crippen molar-refractivity contribution in [2.45, 2.75) is 38.8 Å². The molecule has 0 saturated carbocycles. The van der Waals surface area contributed by atoms with Crippen LogP contribution < -0.4 is 20.1 Å². The highest BCUT2D eigenvalue weighted by Gasteiger charge is 2.21. The van der Waals surface area contributed by atoms with Gasteiger partial charge in [-0.1, -0.05) is 42.5 Å². The van der Waals surface area contributed by atoms with Crippen molar-refractivity contribution in [1.29, 1.82) is 0 Å². The van der Waals surface area contributed by atoms with Crippen molar-refractivity contribution in [3.63, 3.8) is 0 Å². The Morgan fingerprint density at radius 1 is 1.06 bits per heavy atom. The smallest absolute Gasteiger partial charge is 0.223 e. The van der Waals surface area contributed by atoms with E-state index in [1.54, 1.807) is 14.2 Å². The summed E-state index contributed by atoms with van der Waals surface area (Å²) in [6.45, 7) is 3.14. The Balaban J connectivity index is 1.63. The van der Waals surface area contributed by atoms with Gasteiger partial charge in [-0.15, -0.1) is 0 Å². The largest absolute Gasteiger partial charge is 0.493 e. The predicted octanol–water partition coefficient (Wildman–Crippen LogP) is 3.13. The van der Waals surface area contributed by atoms with Crippen LogP contribution in [0, 0.1) is 5.92 Å². The molecule has 33 heavy (non-hydrogen) atoms. The number of amides is 2. The number of rotatable bonds is 7. The van der Waals surface area contributed by atoms with E-state index in [0.717, 1.165) is 36.3 Å². The topological polar surface area (TPSA) is 79.9 Å². The van der Waals surface area contributed by atoms with Crippen molar-refractivity contribution in [2.24, 2.45) is 5.92 Å². The SMILES string of the molecule is COc1cccc(CN2CCCC(C(=O)NCc3ccccc3)CCNC(=O)CC2)c1OC. The van der Waals surface area contributed by atoms with E-state index in [4.69, 9.17) is 9.47 Å². The highest BCUT2D eigenvalue weighted by atomic mass is 16.5. The van der Waals surface area contributed by atoms with Crippen LogP contribution >= 0.6 is 0 Å². The lowest BCUT2D eigenvalue weighted by Crippen LogP contribution is -2.33. The Labute approximate surface area is 196 Å². The fraction of sp³-hybridized carbons (Fsp3) is 0.462. The molecule has 3 rings (SSSR count). The van der Waals surface area contributed by atoms with Gasteiger partial charge in [0, 0.05) is 44.1 Å². The second kappa shape index (κ2) is 12.8. The summed E-state index contributed by atoms with van der Waals surface area (Å²) in [7, 11) is 3.27. The van der Waals surface area contributed by atoms with Crippen molar-refractivity contribution in [3.05, 3.63) is 59.7 Å². The monoisotopic (exact) mass is 453 g/mol. The maximum absolute atomic E-state index is 12.9. The van der Waals surface area contributed by atoms with Gasteiger partial charge in [-0.25, -0.2) is 0 Å². The third-order valence-electron chi connectivity index (χ3n) is 6.06. The highest BCUT2D eigenvalue weighted by molar-refractivity contribution is 5.79. The third kappa shape index (κ3) is 7.49. The summed E-state index contributed by atoms with van der Waals surface area (Å²) in [6.07, 6.45) is 2.74. The summed E-state index contributed by atoms with van der Waals surface area (Å²) in [4.78, 5) is 27.5. The predicted molar refractivity (Wildman–Crippen MR) is 128 cm³/mol. The first-order chi connectivity index (χ1) is 16.1. The summed E-state index contributed by atoms with van der Waals surface area (Å²) in [5.41, 5.74) is 2.10. The molecule has 1 heterocycles. The van der Waals surface area contributed by atoms with E-state index in [1.165, 1.54) is 0 Å². The Morgan fingerprint density at radius 2 is 1.88 bits per heavy atom. The number of nitrogens with one attached hydrogen (secondary N) is 2. The molecule has 0 bridgehead atoms. The minimum Gasteiger partial charge on any atom is -0.493 e. The number of methoxy groups -OCH3 is 2. The molecule has 1 atom stereocenters. The van der Waals surface area contributed by atoms with E-state index in [2.05, 4.69) is 15.5 Å². The van der Waals surface area contributed by atoms with Crippen LogP contribution in [0.5, 0.6) is 11.5 Å². The zero-order valence-electron chi connectivity index (χ0n) is 19.6. The van der Waals surface area contributed by atoms with Gasteiger partial charge in [-0.3, -0.25) is 14.5 Å². The van der Waals surface area contributed by atoms with Crippen molar-refractivity contribution >= 4 is 11.8 Å². The van der Waals surface area contributed by atoms with Crippen LogP contribution in [0.2, 0.25) is 0 Å². The summed E-state index contributed by atoms with van der Waals surface area (Å²) >= 11 is 0. The second-order valence-electron chi connectivity index (χ2n) is 8.36. The Morgan fingerprint density at radius 3 is 2.64 bits per heavy atom. The quantitative estimate of drug-likeness (QED) is 0.673. The number of hydrogen-bond donors (Lipinski definition) is 2. The normalized spacial score (nSPS) is 18.0. The molecule has 0 aromatic heterocycles. The van der Waals surface area contributed by atoms with Crippen LogP contribution in [0.3, 0.4) is 0 Å². The number of para-hydroxylation sites is 1. The van der Waals surface area contributed by atoms with Gasteiger partial charge >= 0.3 is 0 Å². The minimum absolute atomic E-state index is 0.0166. The van der Waals surface area contributed by atoms with E-state index in [0.29, 0.717) is 44.8 Å². The molecule has 2 N–H and O–H groups in total. The van der Waals surface area contributed by atoms with E-state index >= 15 is 0 Å². The van der Waals surface area contributed by atoms with Gasteiger partial charge in [-0.05, 0) is 37.4 Å². The van der Waals surface area contributed by atoms with Crippen LogP contribution in [0.25, 0.3) is 0 Å². The van der Waals surface area contributed by atoms with E-state index < -0.39 is 0 Å². The molecular formula is C26H35N3O4. The molecule has 1 unspecified atom stereocenters. The first kappa shape index (κ1) is 24.6. The number of carbonyl (C=O) groups excluding carboxylic acids is 2. The molecule has 0 radical (unpaired) electrons. The molecule has 178 valence electrons. The zero-order valence-corrected chi connectivity index (χ0v) is 19.6. The maximum atomic E-state index is 12.9. The molecule has 1 fully saturated rings. The summed E-state index contributed by atoms with van der Waals surface area (Å²) in [5.74, 6) is 1.36. The average molecular weight is 454 g/mol. The van der Waals surface area contributed by atoms with Crippen LogP contribution in [0.15, 0.2) is 48.5 Å². The van der Waals surface area contributed by atoms with Crippen molar-refractivity contribution in [3.8, 4) is 11.5 Å². The lowest BCUT2D eigenvalue weighted by molar-refractivity contribution is -0.126. The van der Waals surface area contributed by atoms with Crippen molar-refractivity contribution in [2.75, 3.05) is 33.9 Å². The lowest BCUT2D eigenvalue weighted by Gasteiger charge is -2.24. The van der Waals surface area contributed by atoms with Gasteiger partial charge in [0.05, 0.1) is 14.2 Å². The summed E-state index contributed by atoms with van der Waals surface area (Å²) < 4.78 is 11.0. The van der Waals surface area contributed by atoms with Gasteiger partial charge in [0.25, 0.3) is 0 Å². The first-order valence-corrected chi connectivity index (χ1v) is 11.6.